The van der Waals surface area contributed by atoms with Gasteiger partial charge in [-0.05, 0) is 73.5 Å². The van der Waals surface area contributed by atoms with E-state index < -0.39 is 0 Å². The Morgan fingerprint density at radius 2 is 2.11 bits per heavy atom. The number of carbonyl (C=O) groups excluding carboxylic acids is 1. The Bertz CT molecular complexity index is 685. The molecule has 0 aliphatic carbocycles. The maximum atomic E-state index is 13.2. The first kappa shape index (κ1) is 21.7. The van der Waals surface area contributed by atoms with Crippen molar-refractivity contribution in [3.63, 3.8) is 0 Å². The number of amides is 1. The third-order valence-corrected chi connectivity index (χ3v) is 6.08. The summed E-state index contributed by atoms with van der Waals surface area (Å²) in [5.74, 6) is 1.98. The molecule has 0 bridgehead atoms. The zero-order valence-corrected chi connectivity index (χ0v) is 17.7. The fourth-order valence-electron chi connectivity index (χ4n) is 3.56. The molecule has 1 aromatic carbocycles. The van der Waals surface area contributed by atoms with Crippen molar-refractivity contribution in [3.05, 3.63) is 46.7 Å². The van der Waals surface area contributed by atoms with Crippen LogP contribution in [0.1, 0.15) is 31.1 Å². The predicted molar refractivity (Wildman–Crippen MR) is 115 cm³/mol. The van der Waals surface area contributed by atoms with Gasteiger partial charge in [0.1, 0.15) is 5.75 Å². The van der Waals surface area contributed by atoms with Crippen LogP contribution in [0.5, 0.6) is 5.75 Å². The van der Waals surface area contributed by atoms with Gasteiger partial charge in [0.05, 0.1) is 13.7 Å². The Kier molecular flexibility index (Phi) is 8.61. The lowest BCUT2D eigenvalue weighted by atomic mass is 9.85. The number of hydrogen-bond acceptors (Lipinski definition) is 4. The normalized spacial score (nSPS) is 17.6. The molecule has 1 saturated heterocycles. The lowest BCUT2D eigenvalue weighted by molar-refractivity contribution is -0.120. The van der Waals surface area contributed by atoms with Gasteiger partial charge >= 0.3 is 0 Å². The second kappa shape index (κ2) is 10.7. The number of methoxy groups -OCH3 is 1. The van der Waals surface area contributed by atoms with Crippen molar-refractivity contribution in [1.29, 1.82) is 0 Å². The number of hydrogen-bond donors (Lipinski definition) is 1. The molecule has 1 aliphatic heterocycles. The largest absolute Gasteiger partial charge is 0.497 e. The standard InChI is InChI=1S/C21H28N2O2S.ClH/c1-16(17-5-3-11-22-14-17)13-21(24)23(15-20-6-4-12-26-20)18-7-9-19(25-2)10-8-18;/h4,6-10,12,16-17,22H,3,5,11,13-15H2,1-2H3;1H. The summed E-state index contributed by atoms with van der Waals surface area (Å²) in [6.45, 7) is 4.97. The Hall–Kier alpha value is -1.56. The number of piperidine rings is 1. The predicted octanol–water partition coefficient (Wildman–Crippen LogP) is 4.74. The van der Waals surface area contributed by atoms with Gasteiger partial charge in [-0.25, -0.2) is 0 Å². The van der Waals surface area contributed by atoms with E-state index in [-0.39, 0.29) is 18.3 Å². The summed E-state index contributed by atoms with van der Waals surface area (Å²) < 4.78 is 5.25. The fraction of sp³-hybridized carbons (Fsp3) is 0.476. The summed E-state index contributed by atoms with van der Waals surface area (Å²) in [7, 11) is 1.66. The number of rotatable bonds is 7. The van der Waals surface area contributed by atoms with Crippen LogP contribution < -0.4 is 15.0 Å². The molecule has 2 aromatic rings. The molecule has 2 atom stereocenters. The first-order chi connectivity index (χ1) is 12.7. The molecule has 2 heterocycles. The average molecular weight is 409 g/mol. The van der Waals surface area contributed by atoms with Crippen molar-refractivity contribution < 1.29 is 9.53 Å². The molecule has 1 amide bonds. The SMILES string of the molecule is COc1ccc(N(Cc2cccs2)C(=O)CC(C)C2CCCNC2)cc1.Cl. The van der Waals surface area contributed by atoms with Gasteiger partial charge in [0, 0.05) is 17.0 Å². The highest BCUT2D eigenvalue weighted by Gasteiger charge is 2.25. The lowest BCUT2D eigenvalue weighted by Crippen LogP contribution is -2.37. The molecule has 0 radical (unpaired) electrons. The minimum Gasteiger partial charge on any atom is -0.497 e. The van der Waals surface area contributed by atoms with E-state index >= 15 is 0 Å². The van der Waals surface area contributed by atoms with Crippen LogP contribution in [-0.4, -0.2) is 26.1 Å². The van der Waals surface area contributed by atoms with E-state index in [9.17, 15) is 4.79 Å². The van der Waals surface area contributed by atoms with Crippen LogP contribution in [0, 0.1) is 11.8 Å². The third-order valence-electron chi connectivity index (χ3n) is 5.22. The number of anilines is 1. The average Bonchev–Trinajstić information content (AvgIpc) is 3.20. The zero-order valence-electron chi connectivity index (χ0n) is 16.0. The van der Waals surface area contributed by atoms with Crippen LogP contribution in [0.4, 0.5) is 5.69 Å². The summed E-state index contributed by atoms with van der Waals surface area (Å²) >= 11 is 1.69. The van der Waals surface area contributed by atoms with Crippen molar-refractivity contribution in [1.82, 2.24) is 5.32 Å². The van der Waals surface area contributed by atoms with Gasteiger partial charge in [-0.3, -0.25) is 4.79 Å². The molecule has 6 heteroatoms. The van der Waals surface area contributed by atoms with Gasteiger partial charge in [-0.15, -0.1) is 23.7 Å². The summed E-state index contributed by atoms with van der Waals surface area (Å²) in [5, 5.41) is 5.52. The van der Waals surface area contributed by atoms with Gasteiger partial charge in [0.2, 0.25) is 5.91 Å². The van der Waals surface area contributed by atoms with Gasteiger partial charge in [0.25, 0.3) is 0 Å². The third kappa shape index (κ3) is 5.96. The number of nitrogens with zero attached hydrogens (tertiary/aromatic N) is 1. The van der Waals surface area contributed by atoms with Crippen LogP contribution in [0.2, 0.25) is 0 Å². The molecular weight excluding hydrogens is 380 g/mol. The number of ether oxygens (including phenoxy) is 1. The Morgan fingerprint density at radius 1 is 1.33 bits per heavy atom. The quantitative estimate of drug-likeness (QED) is 0.719. The maximum absolute atomic E-state index is 13.2. The van der Waals surface area contributed by atoms with Gasteiger partial charge in [0.15, 0.2) is 0 Å². The van der Waals surface area contributed by atoms with Crippen molar-refractivity contribution in [3.8, 4) is 5.75 Å². The van der Waals surface area contributed by atoms with E-state index in [1.165, 1.54) is 17.7 Å². The summed E-state index contributed by atoms with van der Waals surface area (Å²) in [6.07, 6.45) is 3.01. The molecule has 1 aliphatic rings. The van der Waals surface area contributed by atoms with E-state index in [0.29, 0.717) is 24.8 Å². The van der Waals surface area contributed by atoms with E-state index in [0.717, 1.165) is 24.5 Å². The van der Waals surface area contributed by atoms with Crippen LogP contribution in [0.15, 0.2) is 41.8 Å². The number of halogens is 1. The Morgan fingerprint density at radius 3 is 2.70 bits per heavy atom. The second-order valence-corrected chi connectivity index (χ2v) is 8.08. The Balaban J connectivity index is 0.00000261. The Labute approximate surface area is 172 Å². The van der Waals surface area contributed by atoms with E-state index in [1.54, 1.807) is 18.4 Å². The number of nitrogens with one attached hydrogen (secondary N) is 1. The van der Waals surface area contributed by atoms with E-state index in [4.69, 9.17) is 4.74 Å². The van der Waals surface area contributed by atoms with Crippen LogP contribution in [-0.2, 0) is 11.3 Å². The van der Waals surface area contributed by atoms with E-state index in [1.807, 2.05) is 35.2 Å². The maximum Gasteiger partial charge on any atom is 0.227 e. The smallest absolute Gasteiger partial charge is 0.227 e. The molecule has 2 unspecified atom stereocenters. The van der Waals surface area contributed by atoms with Crippen LogP contribution in [0.25, 0.3) is 0 Å². The van der Waals surface area contributed by atoms with E-state index in [2.05, 4.69) is 23.7 Å². The second-order valence-electron chi connectivity index (χ2n) is 7.05. The molecule has 3 rings (SSSR count). The topological polar surface area (TPSA) is 41.6 Å². The minimum absolute atomic E-state index is 0. The zero-order chi connectivity index (χ0) is 18.4. The highest BCUT2D eigenvalue weighted by atomic mass is 35.5. The van der Waals surface area contributed by atoms with Crippen molar-refractivity contribution in [2.75, 3.05) is 25.1 Å². The molecular formula is C21H29ClN2O2S. The first-order valence-corrected chi connectivity index (χ1v) is 10.2. The number of carbonyl (C=O) groups is 1. The summed E-state index contributed by atoms with van der Waals surface area (Å²) in [6, 6.07) is 11.9. The van der Waals surface area contributed by atoms with Gasteiger partial charge in [-0.2, -0.15) is 0 Å². The summed E-state index contributed by atoms with van der Waals surface area (Å²) in [4.78, 5) is 16.3. The van der Waals surface area contributed by atoms with Crippen molar-refractivity contribution in [2.45, 2.75) is 32.7 Å². The molecule has 0 saturated carbocycles. The number of benzene rings is 1. The molecule has 148 valence electrons. The van der Waals surface area contributed by atoms with Gasteiger partial charge < -0.3 is 15.0 Å². The summed E-state index contributed by atoms with van der Waals surface area (Å²) in [5.41, 5.74) is 0.929. The van der Waals surface area contributed by atoms with Crippen molar-refractivity contribution in [2.24, 2.45) is 11.8 Å². The van der Waals surface area contributed by atoms with Crippen LogP contribution in [0.3, 0.4) is 0 Å². The van der Waals surface area contributed by atoms with Gasteiger partial charge in [-0.1, -0.05) is 13.0 Å². The monoisotopic (exact) mass is 408 g/mol. The molecule has 27 heavy (non-hydrogen) atoms. The number of thiophene rings is 1. The fourth-order valence-corrected chi connectivity index (χ4v) is 4.25. The van der Waals surface area contributed by atoms with Crippen molar-refractivity contribution >= 4 is 35.3 Å². The highest BCUT2D eigenvalue weighted by Crippen LogP contribution is 2.27. The molecule has 1 aromatic heterocycles. The first-order valence-electron chi connectivity index (χ1n) is 9.35. The highest BCUT2D eigenvalue weighted by molar-refractivity contribution is 7.09. The lowest BCUT2D eigenvalue weighted by Gasteiger charge is -2.30. The molecule has 4 nitrogen and oxygen atoms in total. The van der Waals surface area contributed by atoms with Crippen LogP contribution >= 0.6 is 23.7 Å². The molecule has 1 fully saturated rings. The molecule has 0 spiro atoms. The molecule has 1 N–H and O–H groups in total. The minimum atomic E-state index is 0.